The monoisotopic (exact) mass is 220 g/mol. The molecule has 1 aromatic carbocycles. The van der Waals surface area contributed by atoms with Crippen molar-refractivity contribution < 1.29 is 0 Å². The zero-order valence-electron chi connectivity index (χ0n) is 7.60. The van der Waals surface area contributed by atoms with Crippen LogP contribution in [0.15, 0.2) is 28.6 Å². The van der Waals surface area contributed by atoms with E-state index in [1.54, 1.807) is 11.3 Å². The summed E-state index contributed by atoms with van der Waals surface area (Å²) in [5.74, 6) is 0. The summed E-state index contributed by atoms with van der Waals surface area (Å²) in [6, 6.07) is 10.2. The first-order chi connectivity index (χ1) is 6.79. The fourth-order valence-corrected chi connectivity index (χ4v) is 3.18. The fraction of sp³-hybridized carbons (Fsp3) is 0.200. The van der Waals surface area contributed by atoms with E-state index in [0.29, 0.717) is 0 Å². The van der Waals surface area contributed by atoms with Gasteiger partial charge < -0.3 is 0 Å². The molecule has 1 aromatic heterocycles. The average molecular weight is 220 g/mol. The van der Waals surface area contributed by atoms with Crippen LogP contribution in [0.1, 0.15) is 6.92 Å². The van der Waals surface area contributed by atoms with Crippen molar-refractivity contribution in [3.8, 4) is 6.07 Å². The van der Waals surface area contributed by atoms with E-state index in [1.807, 2.05) is 31.2 Å². The Labute approximate surface area is 90.6 Å². The molecule has 4 heteroatoms. The maximum absolute atomic E-state index is 8.68. The SMILES string of the molecule is CC(C#N)Sc1nc2ccccc2s1. The van der Waals surface area contributed by atoms with Crippen LogP contribution in [0, 0.1) is 11.3 Å². The molecule has 70 valence electrons. The molecule has 0 spiro atoms. The van der Waals surface area contributed by atoms with Crippen molar-refractivity contribution in [2.24, 2.45) is 0 Å². The summed E-state index contributed by atoms with van der Waals surface area (Å²) in [4.78, 5) is 4.43. The molecule has 0 saturated carbocycles. The van der Waals surface area contributed by atoms with Gasteiger partial charge in [-0.2, -0.15) is 5.26 Å². The quantitative estimate of drug-likeness (QED) is 0.729. The van der Waals surface area contributed by atoms with E-state index in [-0.39, 0.29) is 5.25 Å². The summed E-state index contributed by atoms with van der Waals surface area (Å²) in [5, 5.41) is 8.65. The van der Waals surface area contributed by atoms with Gasteiger partial charge in [-0.25, -0.2) is 4.98 Å². The average Bonchev–Trinajstić information content (AvgIpc) is 2.59. The highest BCUT2D eigenvalue weighted by Crippen LogP contribution is 2.31. The minimum absolute atomic E-state index is 0.0319. The highest BCUT2D eigenvalue weighted by molar-refractivity contribution is 8.01. The van der Waals surface area contributed by atoms with Gasteiger partial charge >= 0.3 is 0 Å². The van der Waals surface area contributed by atoms with E-state index in [9.17, 15) is 0 Å². The van der Waals surface area contributed by atoms with Crippen LogP contribution in [-0.2, 0) is 0 Å². The normalized spacial score (nSPS) is 12.6. The zero-order chi connectivity index (χ0) is 9.97. The van der Waals surface area contributed by atoms with Crippen LogP contribution < -0.4 is 0 Å². The molecule has 0 amide bonds. The molecule has 2 aromatic rings. The molecule has 0 radical (unpaired) electrons. The second kappa shape index (κ2) is 3.99. The Hall–Kier alpha value is -1.05. The maximum Gasteiger partial charge on any atom is 0.152 e. The highest BCUT2D eigenvalue weighted by atomic mass is 32.2. The van der Waals surface area contributed by atoms with E-state index < -0.39 is 0 Å². The molecule has 0 N–H and O–H groups in total. The van der Waals surface area contributed by atoms with Gasteiger partial charge in [0, 0.05) is 0 Å². The van der Waals surface area contributed by atoms with Gasteiger partial charge in [0.25, 0.3) is 0 Å². The molecular formula is C10H8N2S2. The molecule has 0 bridgehead atoms. The second-order valence-electron chi connectivity index (χ2n) is 2.84. The third kappa shape index (κ3) is 1.89. The maximum atomic E-state index is 8.68. The van der Waals surface area contributed by atoms with Gasteiger partial charge in [-0.15, -0.1) is 11.3 Å². The van der Waals surface area contributed by atoms with Gasteiger partial charge in [-0.1, -0.05) is 23.9 Å². The van der Waals surface area contributed by atoms with Gasteiger partial charge in [-0.3, -0.25) is 0 Å². The van der Waals surface area contributed by atoms with Crippen molar-refractivity contribution in [3.63, 3.8) is 0 Å². The van der Waals surface area contributed by atoms with Gasteiger partial charge in [0.2, 0.25) is 0 Å². The minimum atomic E-state index is -0.0319. The van der Waals surface area contributed by atoms with Crippen molar-refractivity contribution in [2.75, 3.05) is 0 Å². The first-order valence-corrected chi connectivity index (χ1v) is 5.91. The van der Waals surface area contributed by atoms with Gasteiger partial charge in [0.1, 0.15) is 0 Å². The van der Waals surface area contributed by atoms with Crippen LogP contribution in [0.3, 0.4) is 0 Å². The Morgan fingerprint density at radius 3 is 3.00 bits per heavy atom. The molecule has 0 aliphatic heterocycles. The molecule has 1 atom stereocenters. The predicted octanol–water partition coefficient (Wildman–Crippen LogP) is 3.30. The Morgan fingerprint density at radius 1 is 1.50 bits per heavy atom. The van der Waals surface area contributed by atoms with Crippen LogP contribution in [-0.4, -0.2) is 10.2 Å². The number of fused-ring (bicyclic) bond motifs is 1. The summed E-state index contributed by atoms with van der Waals surface area (Å²) in [7, 11) is 0. The molecule has 0 aliphatic carbocycles. The van der Waals surface area contributed by atoms with E-state index in [4.69, 9.17) is 5.26 Å². The predicted molar refractivity (Wildman–Crippen MR) is 60.6 cm³/mol. The molecule has 0 fully saturated rings. The number of nitriles is 1. The highest BCUT2D eigenvalue weighted by Gasteiger charge is 2.07. The van der Waals surface area contributed by atoms with Gasteiger partial charge in [0.15, 0.2) is 4.34 Å². The van der Waals surface area contributed by atoms with Crippen molar-refractivity contribution in [3.05, 3.63) is 24.3 Å². The largest absolute Gasteiger partial charge is 0.230 e. The third-order valence-corrected chi connectivity index (χ3v) is 3.86. The van der Waals surface area contributed by atoms with Gasteiger partial charge in [-0.05, 0) is 19.1 Å². The number of thiazole rings is 1. The second-order valence-corrected chi connectivity index (χ2v) is 5.46. The van der Waals surface area contributed by atoms with E-state index >= 15 is 0 Å². The lowest BCUT2D eigenvalue weighted by Crippen LogP contribution is -1.87. The Bertz CT molecular complexity index is 451. The molecule has 14 heavy (non-hydrogen) atoms. The van der Waals surface area contributed by atoms with Crippen molar-refractivity contribution in [1.82, 2.24) is 4.98 Å². The molecule has 2 rings (SSSR count). The smallest absolute Gasteiger partial charge is 0.152 e. The number of hydrogen-bond acceptors (Lipinski definition) is 4. The van der Waals surface area contributed by atoms with Crippen LogP contribution >= 0.6 is 23.1 Å². The summed E-state index contributed by atoms with van der Waals surface area (Å²) in [5.41, 5.74) is 1.02. The minimum Gasteiger partial charge on any atom is -0.230 e. The molecular weight excluding hydrogens is 212 g/mol. The Balaban J connectivity index is 2.32. The van der Waals surface area contributed by atoms with Crippen molar-refractivity contribution >= 4 is 33.3 Å². The number of benzene rings is 1. The number of hydrogen-bond donors (Lipinski definition) is 0. The molecule has 1 heterocycles. The van der Waals surface area contributed by atoms with Crippen molar-refractivity contribution in [1.29, 1.82) is 5.26 Å². The number of thioether (sulfide) groups is 1. The van der Waals surface area contributed by atoms with E-state index in [2.05, 4.69) is 11.1 Å². The first-order valence-electron chi connectivity index (χ1n) is 4.21. The first kappa shape index (κ1) is 9.50. The van der Waals surface area contributed by atoms with Crippen LogP contribution in [0.4, 0.5) is 0 Å². The lowest BCUT2D eigenvalue weighted by molar-refractivity contribution is 1.21. The molecule has 0 saturated heterocycles. The lowest BCUT2D eigenvalue weighted by Gasteiger charge is -1.94. The summed E-state index contributed by atoms with van der Waals surface area (Å²) in [6.45, 7) is 1.89. The van der Waals surface area contributed by atoms with Crippen LogP contribution in [0.5, 0.6) is 0 Å². The van der Waals surface area contributed by atoms with Gasteiger partial charge in [0.05, 0.1) is 21.5 Å². The number of nitrogens with zero attached hydrogens (tertiary/aromatic N) is 2. The Morgan fingerprint density at radius 2 is 2.29 bits per heavy atom. The summed E-state index contributed by atoms with van der Waals surface area (Å²) in [6.07, 6.45) is 0. The summed E-state index contributed by atoms with van der Waals surface area (Å²) < 4.78 is 2.15. The lowest BCUT2D eigenvalue weighted by atomic mass is 10.3. The van der Waals surface area contributed by atoms with Crippen LogP contribution in [0.25, 0.3) is 10.2 Å². The summed E-state index contributed by atoms with van der Waals surface area (Å²) >= 11 is 3.16. The molecule has 2 nitrogen and oxygen atoms in total. The molecule has 1 unspecified atom stereocenters. The van der Waals surface area contributed by atoms with E-state index in [1.165, 1.54) is 16.5 Å². The van der Waals surface area contributed by atoms with E-state index in [0.717, 1.165) is 9.86 Å². The number of rotatable bonds is 2. The molecule has 0 aliphatic rings. The number of aromatic nitrogens is 1. The topological polar surface area (TPSA) is 36.7 Å². The fourth-order valence-electron chi connectivity index (χ4n) is 1.08. The standard InChI is InChI=1S/C10H8N2S2/c1-7(6-11)13-10-12-8-4-2-3-5-9(8)14-10/h2-5,7H,1H3. The zero-order valence-corrected chi connectivity index (χ0v) is 9.23. The Kier molecular flexibility index (Phi) is 2.71. The third-order valence-electron chi connectivity index (χ3n) is 1.73. The van der Waals surface area contributed by atoms with Crippen molar-refractivity contribution in [2.45, 2.75) is 16.5 Å². The van der Waals surface area contributed by atoms with Crippen LogP contribution in [0.2, 0.25) is 0 Å². The number of para-hydroxylation sites is 1.